The van der Waals surface area contributed by atoms with Crippen LogP contribution in [0.5, 0.6) is 5.75 Å². The lowest BCUT2D eigenvalue weighted by molar-refractivity contribution is -0.144. The fraction of sp³-hybridized carbons (Fsp3) is 0.0667. The number of carboxylic acids is 1. The zero-order chi connectivity index (χ0) is 24.2. The van der Waals surface area contributed by atoms with E-state index in [-0.39, 0.29) is 0 Å². The third-order valence-electron chi connectivity index (χ3n) is 5.67. The average molecular weight is 462 g/mol. The molecule has 35 heavy (non-hydrogen) atoms. The van der Waals surface area contributed by atoms with Crippen LogP contribution in [0.4, 0.5) is 0 Å². The van der Waals surface area contributed by atoms with E-state index in [9.17, 15) is 9.90 Å². The summed E-state index contributed by atoms with van der Waals surface area (Å²) in [7, 11) is 0. The van der Waals surface area contributed by atoms with Crippen molar-refractivity contribution in [2.75, 3.05) is 0 Å². The van der Waals surface area contributed by atoms with Crippen LogP contribution in [-0.4, -0.2) is 22.2 Å². The van der Waals surface area contributed by atoms with E-state index in [1.807, 2.05) is 103 Å². The highest BCUT2D eigenvalue weighted by Crippen LogP contribution is 2.39. The maximum absolute atomic E-state index is 11.2. The lowest BCUT2D eigenvalue weighted by Gasteiger charge is -2.12. The molecule has 1 unspecified atom stereocenters. The van der Waals surface area contributed by atoms with Crippen LogP contribution in [0.1, 0.15) is 6.92 Å². The minimum absolute atomic E-state index is 0.481. The second-order valence-electron chi connectivity index (χ2n) is 8.10. The van der Waals surface area contributed by atoms with Crippen LogP contribution in [0.3, 0.4) is 0 Å². The fourth-order valence-electron chi connectivity index (χ4n) is 3.93. The first-order valence-corrected chi connectivity index (χ1v) is 11.3. The molecule has 0 spiro atoms. The molecule has 0 aliphatic carbocycles. The van der Waals surface area contributed by atoms with Crippen molar-refractivity contribution in [2.24, 2.45) is 0 Å². The molecule has 5 rings (SSSR count). The summed E-state index contributed by atoms with van der Waals surface area (Å²) in [6, 6.07) is 35.1. The number of hydrogen-bond donors (Lipinski definition) is 1. The zero-order valence-corrected chi connectivity index (χ0v) is 19.1. The van der Waals surface area contributed by atoms with E-state index in [1.54, 1.807) is 6.07 Å². The topological polar surface area (TPSA) is 72.6 Å². The smallest absolute Gasteiger partial charge is 0.344 e. The van der Waals surface area contributed by atoms with E-state index in [0.29, 0.717) is 17.4 Å². The number of rotatable bonds is 7. The minimum Gasteiger partial charge on any atom is -0.479 e. The molecule has 0 amide bonds. The fourth-order valence-corrected chi connectivity index (χ4v) is 3.93. The molecule has 5 aromatic rings. The predicted octanol–water partition coefficient (Wildman–Crippen LogP) is 7.19. The number of nitrogens with zero attached hydrogens (tertiary/aromatic N) is 1. The predicted molar refractivity (Wildman–Crippen MR) is 136 cm³/mol. The van der Waals surface area contributed by atoms with Crippen LogP contribution in [0.25, 0.3) is 45.2 Å². The third-order valence-corrected chi connectivity index (χ3v) is 5.67. The largest absolute Gasteiger partial charge is 0.479 e. The van der Waals surface area contributed by atoms with Gasteiger partial charge in [-0.05, 0) is 36.2 Å². The van der Waals surface area contributed by atoms with Crippen LogP contribution >= 0.6 is 0 Å². The van der Waals surface area contributed by atoms with Gasteiger partial charge < -0.3 is 14.3 Å². The van der Waals surface area contributed by atoms with Gasteiger partial charge in [0.1, 0.15) is 11.4 Å². The van der Waals surface area contributed by atoms with E-state index in [4.69, 9.17) is 14.1 Å². The van der Waals surface area contributed by atoms with Gasteiger partial charge in [0.05, 0.1) is 0 Å². The Hall–Kier alpha value is -4.64. The van der Waals surface area contributed by atoms with Crippen molar-refractivity contribution >= 4 is 5.97 Å². The molecule has 0 saturated carbocycles. The zero-order valence-electron chi connectivity index (χ0n) is 19.1. The van der Waals surface area contributed by atoms with Crippen molar-refractivity contribution in [2.45, 2.75) is 13.0 Å². The quantitative estimate of drug-likeness (QED) is 0.278. The molecule has 1 heterocycles. The molecule has 1 N–H and O–H groups in total. The van der Waals surface area contributed by atoms with Gasteiger partial charge in [0, 0.05) is 16.7 Å². The van der Waals surface area contributed by atoms with Gasteiger partial charge in [0.25, 0.3) is 0 Å². The Morgan fingerprint density at radius 3 is 2.06 bits per heavy atom. The van der Waals surface area contributed by atoms with E-state index in [2.05, 4.69) is 0 Å². The molecule has 0 aliphatic rings. The number of aromatic nitrogens is 1. The normalized spacial score (nSPS) is 11.7. The highest BCUT2D eigenvalue weighted by Gasteiger charge is 2.20. The Bertz CT molecular complexity index is 1400. The summed E-state index contributed by atoms with van der Waals surface area (Å²) in [4.78, 5) is 16.2. The molecule has 0 saturated heterocycles. The SMILES string of the molecule is CC(Oc1cccc(-c2ccccc2-c2nc(-c3ccccc3)c(-c3ccccc3)o2)c1)C(=O)O. The Morgan fingerprint density at radius 1 is 0.771 bits per heavy atom. The molecular formula is C30H23NO4. The molecule has 0 radical (unpaired) electrons. The van der Waals surface area contributed by atoms with E-state index >= 15 is 0 Å². The monoisotopic (exact) mass is 461 g/mol. The van der Waals surface area contributed by atoms with Crippen LogP contribution < -0.4 is 4.74 Å². The summed E-state index contributed by atoms with van der Waals surface area (Å²) in [6.45, 7) is 1.51. The van der Waals surface area contributed by atoms with Crippen molar-refractivity contribution in [3.63, 3.8) is 0 Å². The van der Waals surface area contributed by atoms with E-state index in [1.165, 1.54) is 6.92 Å². The molecule has 1 aromatic heterocycles. The lowest BCUT2D eigenvalue weighted by atomic mass is 9.99. The number of oxazole rings is 1. The third kappa shape index (κ3) is 4.70. The molecule has 0 aliphatic heterocycles. The van der Waals surface area contributed by atoms with Gasteiger partial charge in [0.2, 0.25) is 5.89 Å². The number of carbonyl (C=O) groups is 1. The van der Waals surface area contributed by atoms with Crippen LogP contribution in [0.15, 0.2) is 114 Å². The Balaban J connectivity index is 1.62. The number of carboxylic acid groups (broad SMARTS) is 1. The Kier molecular flexibility index (Phi) is 6.14. The standard InChI is InChI=1S/C30H23NO4/c1-20(30(32)33)34-24-16-10-15-23(19-24)25-17-8-9-18-26(25)29-31-27(21-11-4-2-5-12-21)28(35-29)22-13-6-3-7-14-22/h2-20H,1H3,(H,32,33). The summed E-state index contributed by atoms with van der Waals surface area (Å²) >= 11 is 0. The van der Waals surface area contributed by atoms with Gasteiger partial charge in [-0.25, -0.2) is 9.78 Å². The first kappa shape index (κ1) is 22.2. The van der Waals surface area contributed by atoms with Crippen molar-refractivity contribution in [1.29, 1.82) is 0 Å². The van der Waals surface area contributed by atoms with Crippen LogP contribution in [0, 0.1) is 0 Å². The molecular weight excluding hydrogens is 438 g/mol. The first-order chi connectivity index (χ1) is 17.1. The van der Waals surface area contributed by atoms with Gasteiger partial charge in [0.15, 0.2) is 11.9 Å². The number of benzene rings is 4. The molecule has 1 atom stereocenters. The molecule has 5 heteroatoms. The second-order valence-corrected chi connectivity index (χ2v) is 8.10. The molecule has 172 valence electrons. The van der Waals surface area contributed by atoms with Crippen LogP contribution in [-0.2, 0) is 4.79 Å². The summed E-state index contributed by atoms with van der Waals surface area (Å²) in [5, 5.41) is 9.19. The summed E-state index contributed by atoms with van der Waals surface area (Å²) in [6.07, 6.45) is -0.950. The first-order valence-electron chi connectivity index (χ1n) is 11.3. The van der Waals surface area contributed by atoms with Gasteiger partial charge in [-0.1, -0.05) is 91.0 Å². The summed E-state index contributed by atoms with van der Waals surface area (Å²) in [5.41, 5.74) is 5.29. The van der Waals surface area contributed by atoms with Gasteiger partial charge >= 0.3 is 5.97 Å². The molecule has 0 fully saturated rings. The van der Waals surface area contributed by atoms with Crippen molar-refractivity contribution in [1.82, 2.24) is 4.98 Å². The minimum atomic E-state index is -1.02. The highest BCUT2D eigenvalue weighted by molar-refractivity contribution is 5.84. The van der Waals surface area contributed by atoms with Gasteiger partial charge in [-0.2, -0.15) is 0 Å². The number of ether oxygens (including phenoxy) is 1. The molecule has 4 aromatic carbocycles. The summed E-state index contributed by atoms with van der Waals surface area (Å²) < 4.78 is 12.0. The number of aliphatic carboxylic acids is 1. The van der Waals surface area contributed by atoms with Gasteiger partial charge in [-0.15, -0.1) is 0 Å². The molecule has 0 bridgehead atoms. The molecule has 5 nitrogen and oxygen atoms in total. The second kappa shape index (κ2) is 9.69. The number of hydrogen-bond acceptors (Lipinski definition) is 4. The van der Waals surface area contributed by atoms with E-state index < -0.39 is 12.1 Å². The van der Waals surface area contributed by atoms with Crippen molar-refractivity contribution < 1.29 is 19.1 Å². The van der Waals surface area contributed by atoms with Crippen LogP contribution in [0.2, 0.25) is 0 Å². The highest BCUT2D eigenvalue weighted by atomic mass is 16.5. The lowest BCUT2D eigenvalue weighted by Crippen LogP contribution is -2.22. The Morgan fingerprint density at radius 2 is 1.37 bits per heavy atom. The maximum Gasteiger partial charge on any atom is 0.344 e. The van der Waals surface area contributed by atoms with Crippen molar-refractivity contribution in [3.8, 4) is 50.9 Å². The Labute approximate surface area is 203 Å². The summed E-state index contributed by atoms with van der Waals surface area (Å²) in [5.74, 6) is 0.671. The van der Waals surface area contributed by atoms with Crippen molar-refractivity contribution in [3.05, 3.63) is 109 Å². The van der Waals surface area contributed by atoms with Gasteiger partial charge in [-0.3, -0.25) is 0 Å². The maximum atomic E-state index is 11.2. The average Bonchev–Trinajstić information content (AvgIpc) is 3.35. The van der Waals surface area contributed by atoms with E-state index in [0.717, 1.165) is 33.5 Å².